The van der Waals surface area contributed by atoms with Crippen molar-refractivity contribution in [1.82, 2.24) is 4.90 Å². The highest BCUT2D eigenvalue weighted by molar-refractivity contribution is 7.99. The molecule has 1 aliphatic rings. The molecule has 0 aromatic heterocycles. The summed E-state index contributed by atoms with van der Waals surface area (Å²) < 4.78 is 0. The van der Waals surface area contributed by atoms with E-state index in [1.54, 1.807) is 6.08 Å². The average molecular weight is 309 g/mol. The highest BCUT2D eigenvalue weighted by Gasteiger charge is 2.29. The minimum atomic E-state index is 0.0853. The van der Waals surface area contributed by atoms with Crippen LogP contribution in [0.4, 0.5) is 0 Å². The fraction of sp³-hybridized carbons (Fsp3) is 0.211. The first-order valence-corrected chi connectivity index (χ1v) is 8.51. The van der Waals surface area contributed by atoms with Crippen molar-refractivity contribution in [2.75, 3.05) is 12.3 Å². The van der Waals surface area contributed by atoms with Crippen molar-refractivity contribution in [3.8, 4) is 0 Å². The van der Waals surface area contributed by atoms with Gasteiger partial charge in [-0.3, -0.25) is 4.79 Å². The predicted molar refractivity (Wildman–Crippen MR) is 93.6 cm³/mol. The molecule has 1 aliphatic heterocycles. The van der Waals surface area contributed by atoms with Crippen LogP contribution in [0.5, 0.6) is 0 Å². The van der Waals surface area contributed by atoms with Crippen molar-refractivity contribution in [2.45, 2.75) is 12.3 Å². The molecule has 0 bridgehead atoms. The summed E-state index contributed by atoms with van der Waals surface area (Å²) in [6, 6.07) is 18.3. The van der Waals surface area contributed by atoms with Gasteiger partial charge in [0.25, 0.3) is 0 Å². The van der Waals surface area contributed by atoms with Gasteiger partial charge in [-0.2, -0.15) is 0 Å². The second kappa shape index (κ2) is 6.84. The van der Waals surface area contributed by atoms with Crippen LogP contribution in [0.2, 0.25) is 0 Å². The van der Waals surface area contributed by atoms with E-state index >= 15 is 0 Å². The largest absolute Gasteiger partial charge is 0.322 e. The Morgan fingerprint density at radius 1 is 1.14 bits per heavy atom. The van der Waals surface area contributed by atoms with Gasteiger partial charge in [0.1, 0.15) is 5.37 Å². The smallest absolute Gasteiger partial charge is 0.247 e. The maximum Gasteiger partial charge on any atom is 0.247 e. The molecule has 1 fully saturated rings. The molecule has 2 aromatic carbocycles. The lowest BCUT2D eigenvalue weighted by atomic mass is 10.1. The number of benzene rings is 2. The maximum absolute atomic E-state index is 12.5. The molecule has 2 nitrogen and oxygen atoms in total. The van der Waals surface area contributed by atoms with Crippen LogP contribution in [0.1, 0.15) is 22.1 Å². The van der Waals surface area contributed by atoms with Crippen LogP contribution in [0, 0.1) is 6.92 Å². The van der Waals surface area contributed by atoms with Gasteiger partial charge in [-0.1, -0.05) is 54.6 Å². The van der Waals surface area contributed by atoms with Crippen molar-refractivity contribution < 1.29 is 4.79 Å². The van der Waals surface area contributed by atoms with Gasteiger partial charge in [0.2, 0.25) is 5.91 Å². The van der Waals surface area contributed by atoms with Crippen LogP contribution in [0.25, 0.3) is 6.08 Å². The molecule has 22 heavy (non-hydrogen) atoms. The van der Waals surface area contributed by atoms with E-state index in [0.29, 0.717) is 0 Å². The van der Waals surface area contributed by atoms with Gasteiger partial charge in [-0.05, 0) is 29.7 Å². The van der Waals surface area contributed by atoms with Crippen LogP contribution >= 0.6 is 11.8 Å². The van der Waals surface area contributed by atoms with E-state index in [1.807, 2.05) is 59.1 Å². The number of hydrogen-bond acceptors (Lipinski definition) is 2. The third-order valence-electron chi connectivity index (χ3n) is 3.85. The second-order valence-electron chi connectivity index (χ2n) is 5.36. The van der Waals surface area contributed by atoms with Crippen molar-refractivity contribution in [3.05, 3.63) is 77.4 Å². The first-order valence-electron chi connectivity index (χ1n) is 7.46. The monoisotopic (exact) mass is 309 g/mol. The van der Waals surface area contributed by atoms with Crippen LogP contribution in [0.3, 0.4) is 0 Å². The Morgan fingerprint density at radius 2 is 1.86 bits per heavy atom. The fourth-order valence-corrected chi connectivity index (χ4v) is 3.88. The molecule has 1 heterocycles. The van der Waals surface area contributed by atoms with E-state index in [2.05, 4.69) is 25.1 Å². The Hall–Kier alpha value is -2.00. The number of nitrogens with zero attached hydrogens (tertiary/aromatic N) is 1. The summed E-state index contributed by atoms with van der Waals surface area (Å²) in [6.07, 6.45) is 3.62. The van der Waals surface area contributed by atoms with Gasteiger partial charge in [-0.15, -0.1) is 11.8 Å². The number of aryl methyl sites for hydroxylation is 1. The number of rotatable bonds is 3. The van der Waals surface area contributed by atoms with Crippen molar-refractivity contribution >= 4 is 23.7 Å². The van der Waals surface area contributed by atoms with E-state index in [-0.39, 0.29) is 11.3 Å². The Balaban J connectivity index is 1.76. The van der Waals surface area contributed by atoms with Crippen LogP contribution in [-0.2, 0) is 4.79 Å². The Morgan fingerprint density at radius 3 is 2.64 bits per heavy atom. The summed E-state index contributed by atoms with van der Waals surface area (Å²) in [7, 11) is 0. The van der Waals surface area contributed by atoms with E-state index in [1.165, 1.54) is 11.1 Å². The van der Waals surface area contributed by atoms with Crippen molar-refractivity contribution in [2.24, 2.45) is 0 Å². The summed E-state index contributed by atoms with van der Waals surface area (Å²) in [5, 5.41) is 0.134. The number of amides is 1. The zero-order valence-electron chi connectivity index (χ0n) is 12.6. The van der Waals surface area contributed by atoms with Crippen molar-refractivity contribution in [1.29, 1.82) is 0 Å². The zero-order chi connectivity index (χ0) is 15.4. The van der Waals surface area contributed by atoms with Gasteiger partial charge in [0.05, 0.1) is 0 Å². The average Bonchev–Trinajstić information content (AvgIpc) is 3.04. The third-order valence-corrected chi connectivity index (χ3v) is 5.11. The first kappa shape index (κ1) is 14.9. The second-order valence-corrected chi connectivity index (χ2v) is 6.54. The molecule has 0 radical (unpaired) electrons. The summed E-state index contributed by atoms with van der Waals surface area (Å²) in [5.74, 6) is 1.07. The lowest BCUT2D eigenvalue weighted by Crippen LogP contribution is -2.28. The molecule has 0 saturated carbocycles. The zero-order valence-corrected chi connectivity index (χ0v) is 13.4. The minimum Gasteiger partial charge on any atom is -0.322 e. The number of carbonyl (C=O) groups excluding carboxylic acids is 1. The molecule has 3 rings (SSSR count). The highest BCUT2D eigenvalue weighted by Crippen LogP contribution is 2.37. The van der Waals surface area contributed by atoms with Gasteiger partial charge in [-0.25, -0.2) is 0 Å². The normalized spacial score (nSPS) is 18.0. The summed E-state index contributed by atoms with van der Waals surface area (Å²) >= 11 is 1.83. The predicted octanol–water partition coefficient (Wildman–Crippen LogP) is 4.28. The molecule has 3 heteroatoms. The van der Waals surface area contributed by atoms with Crippen LogP contribution in [-0.4, -0.2) is 23.1 Å². The summed E-state index contributed by atoms with van der Waals surface area (Å²) in [6.45, 7) is 2.86. The molecule has 1 amide bonds. The SMILES string of the molecule is Cc1ccccc1/C=C/C(=O)N1CCSC1c1ccccc1. The van der Waals surface area contributed by atoms with Crippen LogP contribution < -0.4 is 0 Å². The van der Waals surface area contributed by atoms with Gasteiger partial charge < -0.3 is 4.90 Å². The van der Waals surface area contributed by atoms with Gasteiger partial charge >= 0.3 is 0 Å². The molecular formula is C19H19NOS. The minimum absolute atomic E-state index is 0.0853. The molecule has 0 spiro atoms. The Labute approximate surface area is 135 Å². The third kappa shape index (κ3) is 3.25. The molecule has 0 N–H and O–H groups in total. The lowest BCUT2D eigenvalue weighted by molar-refractivity contribution is -0.126. The fourth-order valence-electron chi connectivity index (χ4n) is 2.62. The first-order chi connectivity index (χ1) is 10.8. The van der Waals surface area contributed by atoms with Crippen molar-refractivity contribution in [3.63, 3.8) is 0 Å². The quantitative estimate of drug-likeness (QED) is 0.789. The van der Waals surface area contributed by atoms with Gasteiger partial charge in [0.15, 0.2) is 0 Å². The van der Waals surface area contributed by atoms with E-state index in [9.17, 15) is 4.79 Å². The standard InChI is InChI=1S/C19H19NOS/c1-15-7-5-6-8-16(15)11-12-18(21)20-13-14-22-19(20)17-9-3-2-4-10-17/h2-12,19H,13-14H2,1H3/b12-11+. The number of carbonyl (C=O) groups is 1. The van der Waals surface area contributed by atoms with E-state index < -0.39 is 0 Å². The molecule has 1 atom stereocenters. The summed E-state index contributed by atoms with van der Waals surface area (Å²) in [5.41, 5.74) is 3.48. The Bertz CT molecular complexity index is 681. The topological polar surface area (TPSA) is 20.3 Å². The number of hydrogen-bond donors (Lipinski definition) is 0. The molecule has 1 saturated heterocycles. The van der Waals surface area contributed by atoms with Gasteiger partial charge in [0, 0.05) is 18.4 Å². The molecule has 1 unspecified atom stereocenters. The Kier molecular flexibility index (Phi) is 4.64. The molecule has 2 aromatic rings. The van der Waals surface area contributed by atoms with E-state index in [0.717, 1.165) is 17.9 Å². The maximum atomic E-state index is 12.5. The molecule has 0 aliphatic carbocycles. The number of thioether (sulfide) groups is 1. The summed E-state index contributed by atoms with van der Waals surface area (Å²) in [4.78, 5) is 14.5. The van der Waals surface area contributed by atoms with Crippen LogP contribution in [0.15, 0.2) is 60.7 Å². The molecule has 112 valence electrons. The molecular weight excluding hydrogens is 290 g/mol. The lowest BCUT2D eigenvalue weighted by Gasteiger charge is -2.22. The van der Waals surface area contributed by atoms with E-state index in [4.69, 9.17) is 0 Å². The highest BCUT2D eigenvalue weighted by atomic mass is 32.2.